The number of nitrogens with two attached hydrogens (primary N) is 2. The van der Waals surface area contributed by atoms with Gasteiger partial charge in [0.2, 0.25) is 5.96 Å². The highest BCUT2D eigenvalue weighted by Crippen LogP contribution is 2.33. The second kappa shape index (κ2) is 11.6. The number of hydroxylamine groups is 1. The molecular weight excluding hydrogens is 527 g/mol. The lowest BCUT2D eigenvalue weighted by atomic mass is 10.1. The number of sulfonamides is 1. The van der Waals surface area contributed by atoms with E-state index in [0.29, 0.717) is 12.0 Å². The van der Waals surface area contributed by atoms with Crippen molar-refractivity contribution in [1.29, 1.82) is 0 Å². The van der Waals surface area contributed by atoms with E-state index in [1.807, 2.05) is 11.6 Å². The summed E-state index contributed by atoms with van der Waals surface area (Å²) in [4.78, 5) is 15.7. The first-order chi connectivity index (χ1) is 17.8. The van der Waals surface area contributed by atoms with Crippen LogP contribution in [-0.2, 0) is 21.0 Å². The Morgan fingerprint density at radius 3 is 2.37 bits per heavy atom. The quantitative estimate of drug-likeness (QED) is 0.116. The number of nitrogens with one attached hydrogen (secondary N) is 2. The van der Waals surface area contributed by atoms with E-state index in [1.54, 1.807) is 29.7 Å². The van der Waals surface area contributed by atoms with Gasteiger partial charge < -0.3 is 11.5 Å². The summed E-state index contributed by atoms with van der Waals surface area (Å²) in [5, 5.41) is 12.2. The smallest absolute Gasteiger partial charge is 0.368 e. The number of nitrogens with zero attached hydrogens (tertiary/aromatic N) is 3. The molecule has 204 valence electrons. The predicted octanol–water partition coefficient (Wildman–Crippen LogP) is 2.07. The number of hydrogen-bond donors (Lipinski definition) is 5. The van der Waals surface area contributed by atoms with Crippen LogP contribution in [0, 0.1) is 6.92 Å². The highest BCUT2D eigenvalue weighted by Gasteiger charge is 2.35. The van der Waals surface area contributed by atoms with E-state index < -0.39 is 33.8 Å². The van der Waals surface area contributed by atoms with Crippen LogP contribution in [0.25, 0.3) is 16.9 Å². The summed E-state index contributed by atoms with van der Waals surface area (Å²) in [6, 6.07) is 11.4. The maximum atomic E-state index is 13.4. The predicted molar refractivity (Wildman–Crippen MR) is 133 cm³/mol. The third-order valence-electron chi connectivity index (χ3n) is 5.38. The molecule has 7 N–H and O–H groups in total. The Morgan fingerprint density at radius 1 is 1.16 bits per heavy atom. The molecular formula is C23H26F3N7O4S. The van der Waals surface area contributed by atoms with Crippen molar-refractivity contribution < 1.29 is 31.6 Å². The van der Waals surface area contributed by atoms with Crippen molar-refractivity contribution in [3.8, 4) is 16.9 Å². The molecule has 0 fully saturated rings. The number of aryl methyl sites for hydroxylation is 1. The number of hydrogen-bond acceptors (Lipinski definition) is 7. The lowest BCUT2D eigenvalue weighted by Gasteiger charge is -2.13. The molecule has 3 aromatic rings. The molecule has 0 spiro atoms. The van der Waals surface area contributed by atoms with Gasteiger partial charge in [-0.25, -0.2) is 23.3 Å². The largest absolute Gasteiger partial charge is 0.435 e. The molecule has 0 bridgehead atoms. The first kappa shape index (κ1) is 28.6. The van der Waals surface area contributed by atoms with E-state index >= 15 is 0 Å². The van der Waals surface area contributed by atoms with Crippen molar-refractivity contribution in [2.75, 3.05) is 6.54 Å². The molecule has 0 saturated heterocycles. The summed E-state index contributed by atoms with van der Waals surface area (Å²) in [7, 11) is -4.32. The Hall–Kier alpha value is -3.95. The van der Waals surface area contributed by atoms with Gasteiger partial charge in [-0.2, -0.15) is 18.3 Å². The minimum Gasteiger partial charge on any atom is -0.368 e. The van der Waals surface area contributed by atoms with Crippen molar-refractivity contribution >= 4 is 21.9 Å². The van der Waals surface area contributed by atoms with Gasteiger partial charge in [0.15, 0.2) is 5.69 Å². The molecule has 15 heteroatoms. The summed E-state index contributed by atoms with van der Waals surface area (Å²) in [5.41, 5.74) is 13.3. The van der Waals surface area contributed by atoms with Crippen molar-refractivity contribution in [2.45, 2.75) is 36.9 Å². The monoisotopic (exact) mass is 553 g/mol. The Balaban J connectivity index is 1.79. The topological polar surface area (TPSA) is 178 Å². The number of aromatic nitrogens is 2. The van der Waals surface area contributed by atoms with Gasteiger partial charge in [0.25, 0.3) is 15.9 Å². The molecule has 3 rings (SSSR count). The Kier molecular flexibility index (Phi) is 8.75. The third kappa shape index (κ3) is 7.08. The second-order valence-electron chi connectivity index (χ2n) is 8.28. The molecule has 0 aliphatic heterocycles. The van der Waals surface area contributed by atoms with Crippen molar-refractivity contribution in [1.82, 2.24) is 20.0 Å². The lowest BCUT2D eigenvalue weighted by Crippen LogP contribution is -2.43. The number of carbonyl (C=O) groups excluding carboxylic acids is 1. The molecule has 0 saturated carbocycles. The van der Waals surface area contributed by atoms with Crippen LogP contribution in [-0.4, -0.2) is 47.9 Å². The number of guanidine groups is 1. The maximum Gasteiger partial charge on any atom is 0.435 e. The molecule has 1 amide bonds. The van der Waals surface area contributed by atoms with Crippen LogP contribution >= 0.6 is 0 Å². The average molecular weight is 554 g/mol. The van der Waals surface area contributed by atoms with E-state index in [2.05, 4.69) is 10.1 Å². The van der Waals surface area contributed by atoms with Crippen LogP contribution in [0.3, 0.4) is 0 Å². The maximum absolute atomic E-state index is 13.4. The molecule has 0 aliphatic carbocycles. The number of rotatable bonds is 9. The first-order valence-electron chi connectivity index (χ1n) is 11.2. The summed E-state index contributed by atoms with van der Waals surface area (Å²) in [5.74, 6) is -1.17. The van der Waals surface area contributed by atoms with E-state index in [0.717, 1.165) is 28.4 Å². The zero-order valence-electron chi connectivity index (χ0n) is 20.1. The zero-order valence-corrected chi connectivity index (χ0v) is 20.9. The molecule has 1 unspecified atom stereocenters. The van der Waals surface area contributed by atoms with Crippen LogP contribution < -0.4 is 21.7 Å². The number of aliphatic imine (C=N–C) groups is 1. The fraction of sp³-hybridized carbons (Fsp3) is 0.261. The highest BCUT2D eigenvalue weighted by molar-refractivity contribution is 7.90. The molecule has 1 atom stereocenters. The Bertz CT molecular complexity index is 1400. The first-order valence-corrected chi connectivity index (χ1v) is 12.7. The van der Waals surface area contributed by atoms with E-state index in [-0.39, 0.29) is 35.2 Å². The minimum absolute atomic E-state index is 0.0884. The third-order valence-corrected chi connectivity index (χ3v) is 6.74. The minimum atomic E-state index is -4.69. The van der Waals surface area contributed by atoms with E-state index in [9.17, 15) is 26.4 Å². The van der Waals surface area contributed by atoms with Gasteiger partial charge in [-0.15, -0.1) is 0 Å². The average Bonchev–Trinajstić information content (AvgIpc) is 3.33. The molecule has 0 aliphatic rings. The normalized spacial score (nSPS) is 13.3. The van der Waals surface area contributed by atoms with Crippen LogP contribution in [0.4, 0.5) is 13.2 Å². The number of carbonyl (C=O) groups is 1. The summed E-state index contributed by atoms with van der Waals surface area (Å²) in [6.45, 7) is 1.98. The van der Waals surface area contributed by atoms with Gasteiger partial charge in [-0.1, -0.05) is 29.8 Å². The molecule has 2 aromatic carbocycles. The van der Waals surface area contributed by atoms with Gasteiger partial charge in [-0.05, 0) is 50.1 Å². The van der Waals surface area contributed by atoms with Gasteiger partial charge in [-0.3, -0.25) is 15.0 Å². The van der Waals surface area contributed by atoms with Crippen LogP contribution in [0.15, 0.2) is 64.5 Å². The van der Waals surface area contributed by atoms with Crippen molar-refractivity contribution in [2.24, 2.45) is 16.5 Å². The molecule has 38 heavy (non-hydrogen) atoms. The molecule has 0 radical (unpaired) electrons. The van der Waals surface area contributed by atoms with E-state index in [1.165, 1.54) is 12.1 Å². The number of alkyl halides is 3. The number of halogens is 3. The Morgan fingerprint density at radius 2 is 1.79 bits per heavy atom. The summed E-state index contributed by atoms with van der Waals surface area (Å²) >= 11 is 0. The van der Waals surface area contributed by atoms with Gasteiger partial charge >= 0.3 is 6.18 Å². The molecule has 1 heterocycles. The highest BCUT2D eigenvalue weighted by atomic mass is 32.2. The van der Waals surface area contributed by atoms with Gasteiger partial charge in [0, 0.05) is 12.1 Å². The second-order valence-corrected chi connectivity index (χ2v) is 9.96. The SMILES string of the molecule is Cc1ccc(-c2cc(C(F)(F)F)nn2-c2ccc(S(=O)(=O)NC(=O)C(N)CCCN=C(N)NO)cc2)cc1. The number of amides is 1. The van der Waals surface area contributed by atoms with E-state index in [4.69, 9.17) is 16.7 Å². The van der Waals surface area contributed by atoms with Gasteiger partial charge in [0.05, 0.1) is 22.3 Å². The summed E-state index contributed by atoms with van der Waals surface area (Å²) in [6.07, 6.45) is -4.31. The fourth-order valence-electron chi connectivity index (χ4n) is 3.36. The fourth-order valence-corrected chi connectivity index (χ4v) is 4.39. The van der Waals surface area contributed by atoms with Crippen LogP contribution in [0.1, 0.15) is 24.1 Å². The van der Waals surface area contributed by atoms with Crippen LogP contribution in [0.5, 0.6) is 0 Å². The van der Waals surface area contributed by atoms with Gasteiger partial charge in [0.1, 0.15) is 0 Å². The standard InChI is InChI=1S/C23H26F3N7O4S/c1-14-4-6-15(7-5-14)19-13-20(23(24,25)26)30-33(19)16-8-10-17(11-9-16)38(36,37)32-21(34)18(27)3-2-12-29-22(28)31-35/h4-11,13,18,35H,2-3,12,27H2,1H3,(H,32,34)(H3,28,29,31). The van der Waals surface area contributed by atoms with Crippen molar-refractivity contribution in [3.63, 3.8) is 0 Å². The summed E-state index contributed by atoms with van der Waals surface area (Å²) < 4.78 is 68.5. The van der Waals surface area contributed by atoms with Crippen LogP contribution in [0.2, 0.25) is 0 Å². The van der Waals surface area contributed by atoms with Crippen molar-refractivity contribution in [3.05, 3.63) is 65.9 Å². The molecule has 1 aromatic heterocycles. The zero-order chi connectivity index (χ0) is 28.1. The lowest BCUT2D eigenvalue weighted by molar-refractivity contribution is -0.141. The number of benzene rings is 2. The molecule has 11 nitrogen and oxygen atoms in total. The Labute approximate surface area is 216 Å².